The fourth-order valence-corrected chi connectivity index (χ4v) is 1.96. The van der Waals surface area contributed by atoms with Gasteiger partial charge in [-0.25, -0.2) is 0 Å². The summed E-state index contributed by atoms with van der Waals surface area (Å²) >= 11 is 0. The average Bonchev–Trinajstić information content (AvgIpc) is 2.37. The number of nitrogens with zero attached hydrogens (tertiary/aromatic N) is 1. The number of anilines is 1. The summed E-state index contributed by atoms with van der Waals surface area (Å²) < 4.78 is 13.5. The van der Waals surface area contributed by atoms with Gasteiger partial charge in [0.25, 0.3) is 0 Å². The molecule has 106 valence electrons. The lowest BCUT2D eigenvalue weighted by atomic mass is 9.97. The molecule has 2 atom stereocenters. The van der Waals surface area contributed by atoms with Gasteiger partial charge in [-0.1, -0.05) is 27.2 Å². The van der Waals surface area contributed by atoms with E-state index in [1.54, 1.807) is 6.07 Å². The normalized spacial score (nSPS) is 13.9. The molecule has 0 fully saturated rings. The predicted molar refractivity (Wildman–Crippen MR) is 74.8 cm³/mol. The number of nitrogens with one attached hydrogen (secondary N) is 1. The molecule has 0 saturated carbocycles. The maximum Gasteiger partial charge on any atom is 0.304 e. The fourth-order valence-electron chi connectivity index (χ4n) is 1.96. The van der Waals surface area contributed by atoms with Crippen molar-refractivity contribution in [3.8, 4) is 0 Å². The molecule has 4 nitrogen and oxygen atoms in total. The Balaban J connectivity index is 2.75. The Morgan fingerprint density at radius 3 is 2.53 bits per heavy atom. The summed E-state index contributed by atoms with van der Waals surface area (Å²) in [6.45, 7) is 6.39. The molecule has 0 saturated heterocycles. The second-order valence-corrected chi connectivity index (χ2v) is 4.92. The summed E-state index contributed by atoms with van der Waals surface area (Å²) in [6.07, 6.45) is 3.04. The van der Waals surface area contributed by atoms with Crippen molar-refractivity contribution in [1.29, 1.82) is 0 Å². The summed E-state index contributed by atoms with van der Waals surface area (Å²) in [5, 5.41) is 13.8. The van der Waals surface area contributed by atoms with Crippen molar-refractivity contribution >= 4 is 11.4 Å². The van der Waals surface area contributed by atoms with Gasteiger partial charge in [-0.3, -0.25) is 10.1 Å². The summed E-state index contributed by atoms with van der Waals surface area (Å²) in [5.41, 5.74) is 0.110. The zero-order valence-corrected chi connectivity index (χ0v) is 11.6. The van der Waals surface area contributed by atoms with E-state index in [1.807, 2.05) is 0 Å². The van der Waals surface area contributed by atoms with E-state index in [4.69, 9.17) is 0 Å². The van der Waals surface area contributed by atoms with Crippen LogP contribution >= 0.6 is 0 Å². The highest BCUT2D eigenvalue weighted by molar-refractivity contribution is 5.50. The van der Waals surface area contributed by atoms with Crippen LogP contribution in [0.4, 0.5) is 15.8 Å². The predicted octanol–water partition coefficient (Wildman–Crippen LogP) is 4.36. The highest BCUT2D eigenvalue weighted by atomic mass is 19.1. The van der Waals surface area contributed by atoms with Crippen molar-refractivity contribution in [2.45, 2.75) is 46.1 Å². The standard InChI is InChI=1S/C14H21FN2O2/c1-4-10(3)8-11(5-2)16-12-6-7-14(17(18)19)13(15)9-12/h6-7,9-11,16H,4-5,8H2,1-3H3. The number of rotatable bonds is 7. The molecule has 0 spiro atoms. The molecular weight excluding hydrogens is 247 g/mol. The van der Waals surface area contributed by atoms with E-state index in [2.05, 4.69) is 26.1 Å². The highest BCUT2D eigenvalue weighted by Gasteiger charge is 2.15. The van der Waals surface area contributed by atoms with Crippen LogP contribution in [0.5, 0.6) is 0 Å². The molecule has 0 radical (unpaired) electrons. The Bertz CT molecular complexity index is 437. The first-order chi connectivity index (χ1) is 8.97. The first-order valence-corrected chi connectivity index (χ1v) is 6.68. The molecular formula is C14H21FN2O2. The molecule has 1 aromatic carbocycles. The lowest BCUT2D eigenvalue weighted by molar-refractivity contribution is -0.387. The summed E-state index contributed by atoms with van der Waals surface area (Å²) in [4.78, 5) is 9.83. The number of hydrogen-bond acceptors (Lipinski definition) is 3. The summed E-state index contributed by atoms with van der Waals surface area (Å²) in [7, 11) is 0. The lowest BCUT2D eigenvalue weighted by Gasteiger charge is -2.21. The first-order valence-electron chi connectivity index (χ1n) is 6.68. The monoisotopic (exact) mass is 268 g/mol. The first kappa shape index (κ1) is 15.4. The van der Waals surface area contributed by atoms with Gasteiger partial charge in [0.15, 0.2) is 0 Å². The minimum atomic E-state index is -0.798. The Morgan fingerprint density at radius 2 is 2.05 bits per heavy atom. The molecule has 2 unspecified atom stereocenters. The van der Waals surface area contributed by atoms with Gasteiger partial charge in [0, 0.05) is 23.9 Å². The van der Waals surface area contributed by atoms with E-state index in [9.17, 15) is 14.5 Å². The number of nitro groups is 1. The second kappa shape index (κ2) is 7.07. The van der Waals surface area contributed by atoms with Crippen LogP contribution in [0.3, 0.4) is 0 Å². The molecule has 0 amide bonds. The Kier molecular flexibility index (Phi) is 5.73. The maximum absolute atomic E-state index is 13.5. The quantitative estimate of drug-likeness (QED) is 0.590. The van der Waals surface area contributed by atoms with E-state index < -0.39 is 16.4 Å². The fraction of sp³-hybridized carbons (Fsp3) is 0.571. The molecule has 0 bridgehead atoms. The Labute approximate surface area is 113 Å². The lowest BCUT2D eigenvalue weighted by Crippen LogP contribution is -2.21. The number of benzene rings is 1. The van der Waals surface area contributed by atoms with Gasteiger partial charge in [-0.15, -0.1) is 0 Å². The topological polar surface area (TPSA) is 55.2 Å². The molecule has 0 aliphatic rings. The Hall–Kier alpha value is -1.65. The van der Waals surface area contributed by atoms with Gasteiger partial charge in [-0.2, -0.15) is 4.39 Å². The minimum Gasteiger partial charge on any atom is -0.382 e. The van der Waals surface area contributed by atoms with Crippen molar-refractivity contribution in [1.82, 2.24) is 0 Å². The van der Waals surface area contributed by atoms with Crippen LogP contribution in [0, 0.1) is 21.8 Å². The summed E-state index contributed by atoms with van der Waals surface area (Å²) in [6, 6.07) is 4.21. The van der Waals surface area contributed by atoms with Gasteiger partial charge >= 0.3 is 5.69 Å². The zero-order valence-electron chi connectivity index (χ0n) is 11.6. The molecule has 1 aromatic rings. The van der Waals surface area contributed by atoms with E-state index >= 15 is 0 Å². The van der Waals surface area contributed by atoms with Gasteiger partial charge in [-0.05, 0) is 24.8 Å². The van der Waals surface area contributed by atoms with Crippen LogP contribution in [0.1, 0.15) is 40.0 Å². The van der Waals surface area contributed by atoms with Gasteiger partial charge in [0.1, 0.15) is 0 Å². The van der Waals surface area contributed by atoms with Crippen molar-refractivity contribution in [2.24, 2.45) is 5.92 Å². The molecule has 0 heterocycles. The van der Waals surface area contributed by atoms with Crippen molar-refractivity contribution in [3.63, 3.8) is 0 Å². The SMILES string of the molecule is CCC(C)CC(CC)Nc1ccc([N+](=O)[O-])c(F)c1. The maximum atomic E-state index is 13.5. The van der Waals surface area contributed by atoms with Crippen molar-refractivity contribution in [2.75, 3.05) is 5.32 Å². The molecule has 0 aromatic heterocycles. The van der Waals surface area contributed by atoms with Crippen molar-refractivity contribution < 1.29 is 9.31 Å². The third-order valence-corrected chi connectivity index (χ3v) is 3.39. The molecule has 0 aliphatic carbocycles. The minimum absolute atomic E-state index is 0.260. The van der Waals surface area contributed by atoms with Crippen LogP contribution < -0.4 is 5.32 Å². The van der Waals surface area contributed by atoms with E-state index in [0.29, 0.717) is 11.6 Å². The van der Waals surface area contributed by atoms with Crippen LogP contribution in [0.15, 0.2) is 18.2 Å². The van der Waals surface area contributed by atoms with Gasteiger partial charge < -0.3 is 5.32 Å². The van der Waals surface area contributed by atoms with Crippen LogP contribution in [-0.2, 0) is 0 Å². The molecule has 0 aliphatic heterocycles. The van der Waals surface area contributed by atoms with E-state index in [1.165, 1.54) is 12.1 Å². The number of nitro benzene ring substituents is 1. The van der Waals surface area contributed by atoms with Crippen LogP contribution in [-0.4, -0.2) is 11.0 Å². The molecule has 5 heteroatoms. The third kappa shape index (κ3) is 4.50. The van der Waals surface area contributed by atoms with Crippen LogP contribution in [0.2, 0.25) is 0 Å². The molecule has 1 rings (SSSR count). The average molecular weight is 268 g/mol. The zero-order chi connectivity index (χ0) is 14.4. The van der Waals surface area contributed by atoms with Gasteiger partial charge in [0.05, 0.1) is 4.92 Å². The number of hydrogen-bond donors (Lipinski definition) is 1. The Morgan fingerprint density at radius 1 is 1.37 bits per heavy atom. The number of halogens is 1. The van der Waals surface area contributed by atoms with Crippen molar-refractivity contribution in [3.05, 3.63) is 34.1 Å². The second-order valence-electron chi connectivity index (χ2n) is 4.92. The largest absolute Gasteiger partial charge is 0.382 e. The van der Waals surface area contributed by atoms with Gasteiger partial charge in [0.2, 0.25) is 5.82 Å². The van der Waals surface area contributed by atoms with E-state index in [-0.39, 0.29) is 6.04 Å². The van der Waals surface area contributed by atoms with E-state index in [0.717, 1.165) is 19.3 Å². The molecule has 1 N–H and O–H groups in total. The smallest absolute Gasteiger partial charge is 0.304 e. The summed E-state index contributed by atoms with van der Waals surface area (Å²) in [5.74, 6) is -0.200. The highest BCUT2D eigenvalue weighted by Crippen LogP contribution is 2.23. The third-order valence-electron chi connectivity index (χ3n) is 3.39. The molecule has 19 heavy (non-hydrogen) atoms. The van der Waals surface area contributed by atoms with Crippen LogP contribution in [0.25, 0.3) is 0 Å².